The van der Waals surface area contributed by atoms with E-state index in [0.717, 1.165) is 5.56 Å². The molecule has 1 heterocycles. The van der Waals surface area contributed by atoms with E-state index >= 15 is 0 Å². The third kappa shape index (κ3) is 3.41. The molecule has 0 saturated heterocycles. The maximum Gasteiger partial charge on any atom is 0.263 e. The van der Waals surface area contributed by atoms with Crippen LogP contribution in [0.2, 0.25) is 5.02 Å². The van der Waals surface area contributed by atoms with Crippen LogP contribution in [0.1, 0.15) is 18.1 Å². The smallest absolute Gasteiger partial charge is 0.263 e. The van der Waals surface area contributed by atoms with E-state index in [1.54, 1.807) is 19.1 Å². The number of para-hydroxylation sites is 1. The minimum absolute atomic E-state index is 0.0253. The SMILES string of the molecule is CCc1ccccc1NS(=O)(=O)c1cc2c(C)cc(=O)[nH]c2cc1Cl. The predicted octanol–water partition coefficient (Wildman–Crippen LogP) is 3.85. The summed E-state index contributed by atoms with van der Waals surface area (Å²) in [7, 11) is -3.87. The molecule has 2 N–H and O–H groups in total. The van der Waals surface area contributed by atoms with Gasteiger partial charge in [0, 0.05) is 11.5 Å². The molecule has 130 valence electrons. The summed E-state index contributed by atoms with van der Waals surface area (Å²) in [4.78, 5) is 14.2. The summed E-state index contributed by atoms with van der Waals surface area (Å²) in [5.41, 5.74) is 2.35. The van der Waals surface area contributed by atoms with Crippen molar-refractivity contribution in [1.82, 2.24) is 4.98 Å². The Kier molecular flexibility index (Phi) is 4.58. The lowest BCUT2D eigenvalue weighted by molar-refractivity contribution is 0.601. The second kappa shape index (κ2) is 6.54. The Morgan fingerprint density at radius 1 is 1.16 bits per heavy atom. The van der Waals surface area contributed by atoms with E-state index in [4.69, 9.17) is 11.6 Å². The molecule has 7 heteroatoms. The molecule has 0 spiro atoms. The van der Waals surface area contributed by atoms with Crippen molar-refractivity contribution in [2.75, 3.05) is 4.72 Å². The molecule has 3 aromatic rings. The summed E-state index contributed by atoms with van der Waals surface area (Å²) in [6.45, 7) is 3.71. The van der Waals surface area contributed by atoms with Crippen molar-refractivity contribution in [2.45, 2.75) is 25.2 Å². The normalized spacial score (nSPS) is 11.6. The molecule has 0 aliphatic heterocycles. The molecule has 5 nitrogen and oxygen atoms in total. The zero-order chi connectivity index (χ0) is 18.2. The third-order valence-corrected chi connectivity index (χ3v) is 5.86. The first-order chi connectivity index (χ1) is 11.8. The molecular weight excluding hydrogens is 360 g/mol. The second-order valence-electron chi connectivity index (χ2n) is 5.76. The lowest BCUT2D eigenvalue weighted by Gasteiger charge is -2.13. The van der Waals surface area contributed by atoms with Gasteiger partial charge in [-0.1, -0.05) is 36.7 Å². The van der Waals surface area contributed by atoms with Gasteiger partial charge >= 0.3 is 0 Å². The van der Waals surface area contributed by atoms with E-state index in [0.29, 0.717) is 28.6 Å². The van der Waals surface area contributed by atoms with Gasteiger partial charge in [0.1, 0.15) is 4.90 Å². The zero-order valence-electron chi connectivity index (χ0n) is 13.8. The number of rotatable bonds is 4. The topological polar surface area (TPSA) is 79.0 Å². The zero-order valence-corrected chi connectivity index (χ0v) is 15.3. The number of aryl methyl sites for hydroxylation is 2. The van der Waals surface area contributed by atoms with Crippen LogP contribution < -0.4 is 10.3 Å². The minimum Gasteiger partial charge on any atom is -0.322 e. The molecule has 0 atom stereocenters. The number of hydrogen-bond donors (Lipinski definition) is 2. The molecule has 0 aliphatic rings. The predicted molar refractivity (Wildman–Crippen MR) is 101 cm³/mol. The second-order valence-corrected chi connectivity index (χ2v) is 7.82. The maximum atomic E-state index is 12.8. The number of pyridine rings is 1. The number of halogens is 1. The molecule has 0 aliphatic carbocycles. The van der Waals surface area contributed by atoms with E-state index in [1.165, 1.54) is 18.2 Å². The average Bonchev–Trinajstić information content (AvgIpc) is 2.54. The number of sulfonamides is 1. The highest BCUT2D eigenvalue weighted by molar-refractivity contribution is 7.92. The van der Waals surface area contributed by atoms with E-state index in [1.807, 2.05) is 19.1 Å². The van der Waals surface area contributed by atoms with Crippen LogP contribution in [0.3, 0.4) is 0 Å². The number of anilines is 1. The molecule has 25 heavy (non-hydrogen) atoms. The van der Waals surface area contributed by atoms with Crippen molar-refractivity contribution in [1.29, 1.82) is 0 Å². The number of nitrogens with one attached hydrogen (secondary N) is 2. The molecule has 0 amide bonds. The lowest BCUT2D eigenvalue weighted by atomic mass is 10.1. The van der Waals surface area contributed by atoms with Gasteiger partial charge in [0.05, 0.1) is 16.2 Å². The Balaban J connectivity index is 2.14. The maximum absolute atomic E-state index is 12.8. The molecule has 1 aromatic heterocycles. The summed E-state index contributed by atoms with van der Waals surface area (Å²) in [6, 6.07) is 11.6. The standard InChI is InChI=1S/C18H17ClN2O3S/c1-3-12-6-4-5-7-15(12)21-25(23,24)17-9-13-11(2)8-18(22)20-16(13)10-14(17)19/h4-10,21H,3H2,1-2H3,(H,20,22). The lowest BCUT2D eigenvalue weighted by Crippen LogP contribution is -2.15. The van der Waals surface area contributed by atoms with Crippen molar-refractivity contribution in [2.24, 2.45) is 0 Å². The quantitative estimate of drug-likeness (QED) is 0.725. The fraction of sp³-hybridized carbons (Fsp3) is 0.167. The molecular formula is C18H17ClN2O3S. The Labute approximate surface area is 150 Å². The van der Waals surface area contributed by atoms with Crippen LogP contribution in [0.15, 0.2) is 52.2 Å². The van der Waals surface area contributed by atoms with E-state index in [-0.39, 0.29) is 15.5 Å². The number of benzene rings is 2. The summed E-state index contributed by atoms with van der Waals surface area (Å²) in [6.07, 6.45) is 0.699. The van der Waals surface area contributed by atoms with Crippen LogP contribution in [-0.2, 0) is 16.4 Å². The van der Waals surface area contributed by atoms with E-state index in [2.05, 4.69) is 9.71 Å². The van der Waals surface area contributed by atoms with Crippen LogP contribution in [0.4, 0.5) is 5.69 Å². The van der Waals surface area contributed by atoms with E-state index in [9.17, 15) is 13.2 Å². The number of aromatic amines is 1. The van der Waals surface area contributed by atoms with Gasteiger partial charge in [-0.25, -0.2) is 8.42 Å². The number of H-pyrrole nitrogens is 1. The highest BCUT2D eigenvalue weighted by Crippen LogP contribution is 2.29. The first kappa shape index (κ1) is 17.5. The monoisotopic (exact) mass is 376 g/mol. The number of hydrogen-bond acceptors (Lipinski definition) is 3. The van der Waals surface area contributed by atoms with Crippen LogP contribution >= 0.6 is 11.6 Å². The Morgan fingerprint density at radius 3 is 2.60 bits per heavy atom. The van der Waals surface area contributed by atoms with Gasteiger partial charge in [-0.15, -0.1) is 0 Å². The molecule has 0 unspecified atom stereocenters. The minimum atomic E-state index is -3.87. The van der Waals surface area contributed by atoms with Gasteiger partial charge in [-0.05, 0) is 42.7 Å². The van der Waals surface area contributed by atoms with Crippen LogP contribution in [0.5, 0.6) is 0 Å². The fourth-order valence-corrected chi connectivity index (χ4v) is 4.42. The first-order valence-corrected chi connectivity index (χ1v) is 9.62. The number of fused-ring (bicyclic) bond motifs is 1. The van der Waals surface area contributed by atoms with Crippen LogP contribution in [0.25, 0.3) is 10.9 Å². The summed E-state index contributed by atoms with van der Waals surface area (Å²) < 4.78 is 28.3. The van der Waals surface area contributed by atoms with Gasteiger partial charge in [0.15, 0.2) is 0 Å². The Hall–Kier alpha value is -2.31. The summed E-state index contributed by atoms with van der Waals surface area (Å²) >= 11 is 6.19. The summed E-state index contributed by atoms with van der Waals surface area (Å²) in [5.74, 6) is 0. The van der Waals surface area contributed by atoms with Gasteiger partial charge in [0.2, 0.25) is 5.56 Å². The largest absolute Gasteiger partial charge is 0.322 e. The van der Waals surface area contributed by atoms with Gasteiger partial charge in [0.25, 0.3) is 10.0 Å². The van der Waals surface area contributed by atoms with Crippen LogP contribution in [-0.4, -0.2) is 13.4 Å². The molecule has 0 saturated carbocycles. The number of aromatic nitrogens is 1. The molecule has 0 bridgehead atoms. The van der Waals surface area contributed by atoms with Crippen molar-refractivity contribution in [3.63, 3.8) is 0 Å². The molecule has 0 radical (unpaired) electrons. The fourth-order valence-electron chi connectivity index (χ4n) is 2.76. The molecule has 0 fully saturated rings. The first-order valence-electron chi connectivity index (χ1n) is 7.75. The summed E-state index contributed by atoms with van der Waals surface area (Å²) in [5, 5.41) is 0.684. The molecule has 2 aromatic carbocycles. The highest BCUT2D eigenvalue weighted by Gasteiger charge is 2.20. The average molecular weight is 377 g/mol. The van der Waals surface area contributed by atoms with Crippen molar-refractivity contribution in [3.05, 3.63) is 69.0 Å². The van der Waals surface area contributed by atoms with Crippen LogP contribution in [0, 0.1) is 6.92 Å². The molecule has 3 rings (SSSR count). The van der Waals surface area contributed by atoms with E-state index < -0.39 is 10.0 Å². The van der Waals surface area contributed by atoms with Crippen molar-refractivity contribution < 1.29 is 8.42 Å². The van der Waals surface area contributed by atoms with Gasteiger partial charge in [-0.3, -0.25) is 9.52 Å². The van der Waals surface area contributed by atoms with Crippen molar-refractivity contribution in [3.8, 4) is 0 Å². The van der Waals surface area contributed by atoms with Gasteiger partial charge in [-0.2, -0.15) is 0 Å². The Morgan fingerprint density at radius 2 is 1.88 bits per heavy atom. The van der Waals surface area contributed by atoms with Gasteiger partial charge < -0.3 is 4.98 Å². The third-order valence-electron chi connectivity index (χ3n) is 4.03. The van der Waals surface area contributed by atoms with Crippen molar-refractivity contribution >= 4 is 38.2 Å². The highest BCUT2D eigenvalue weighted by atomic mass is 35.5. The Bertz CT molecular complexity index is 1120.